The molecule has 0 saturated carbocycles. The summed E-state index contributed by atoms with van der Waals surface area (Å²) in [5.41, 5.74) is 1.42. The molecule has 0 bridgehead atoms. The van der Waals surface area contributed by atoms with E-state index in [1.165, 1.54) is 12.1 Å². The minimum absolute atomic E-state index is 0.227. The van der Waals surface area contributed by atoms with E-state index in [1.807, 2.05) is 6.07 Å². The van der Waals surface area contributed by atoms with E-state index < -0.39 is 11.9 Å². The Hall–Kier alpha value is -3.60. The summed E-state index contributed by atoms with van der Waals surface area (Å²) < 4.78 is 13.3. The van der Waals surface area contributed by atoms with Gasteiger partial charge in [-0.2, -0.15) is 10.1 Å². The zero-order valence-corrected chi connectivity index (χ0v) is 13.2. The fourth-order valence-electron chi connectivity index (χ4n) is 2.15. The third kappa shape index (κ3) is 3.67. The number of nitrogens with one attached hydrogen (secondary N) is 1. The SMILES string of the molecule is C[C@H](C(=O)Nc1cccc(C#N)c1)n1nnc(-c2cccc(F)c2)n1. The lowest BCUT2D eigenvalue weighted by molar-refractivity contribution is -0.119. The Morgan fingerprint density at radius 3 is 2.84 bits per heavy atom. The first-order chi connectivity index (χ1) is 12.1. The molecule has 1 atom stereocenters. The topological polar surface area (TPSA) is 96.5 Å². The number of nitriles is 1. The van der Waals surface area contributed by atoms with E-state index in [4.69, 9.17) is 5.26 Å². The van der Waals surface area contributed by atoms with Crippen molar-refractivity contribution in [2.75, 3.05) is 5.32 Å². The first kappa shape index (κ1) is 16.3. The van der Waals surface area contributed by atoms with Gasteiger partial charge >= 0.3 is 0 Å². The van der Waals surface area contributed by atoms with Gasteiger partial charge in [0.15, 0.2) is 0 Å². The van der Waals surface area contributed by atoms with Crippen LogP contribution in [0.4, 0.5) is 10.1 Å². The van der Waals surface area contributed by atoms with Crippen molar-refractivity contribution < 1.29 is 9.18 Å². The number of hydrogen-bond acceptors (Lipinski definition) is 5. The van der Waals surface area contributed by atoms with E-state index in [1.54, 1.807) is 43.3 Å². The summed E-state index contributed by atoms with van der Waals surface area (Å²) >= 11 is 0. The maximum absolute atomic E-state index is 13.3. The Morgan fingerprint density at radius 1 is 1.28 bits per heavy atom. The van der Waals surface area contributed by atoms with Crippen molar-refractivity contribution in [2.24, 2.45) is 0 Å². The Labute approximate surface area is 142 Å². The molecule has 1 aromatic heterocycles. The van der Waals surface area contributed by atoms with Crippen molar-refractivity contribution >= 4 is 11.6 Å². The minimum Gasteiger partial charge on any atom is -0.324 e. The first-order valence-electron chi connectivity index (χ1n) is 7.43. The first-order valence-corrected chi connectivity index (χ1v) is 7.43. The van der Waals surface area contributed by atoms with Crippen LogP contribution in [-0.2, 0) is 4.79 Å². The quantitative estimate of drug-likeness (QED) is 0.790. The van der Waals surface area contributed by atoms with Gasteiger partial charge in [-0.15, -0.1) is 10.2 Å². The molecule has 0 spiro atoms. The second-order valence-corrected chi connectivity index (χ2v) is 5.30. The van der Waals surface area contributed by atoms with Crippen LogP contribution in [0.25, 0.3) is 11.4 Å². The molecule has 124 valence electrons. The third-order valence-electron chi connectivity index (χ3n) is 3.50. The molecule has 3 rings (SSSR count). The maximum Gasteiger partial charge on any atom is 0.250 e. The lowest BCUT2D eigenvalue weighted by atomic mass is 10.2. The van der Waals surface area contributed by atoms with Crippen LogP contribution in [0.3, 0.4) is 0 Å². The van der Waals surface area contributed by atoms with Gasteiger partial charge in [0.25, 0.3) is 5.91 Å². The number of halogens is 1. The summed E-state index contributed by atoms with van der Waals surface area (Å²) in [7, 11) is 0. The van der Waals surface area contributed by atoms with E-state index in [-0.39, 0.29) is 11.7 Å². The van der Waals surface area contributed by atoms with Gasteiger partial charge in [0.2, 0.25) is 5.82 Å². The Kier molecular flexibility index (Phi) is 4.48. The molecular formula is C17H13FN6O. The number of hydrogen-bond donors (Lipinski definition) is 1. The van der Waals surface area contributed by atoms with E-state index in [2.05, 4.69) is 20.7 Å². The predicted octanol–water partition coefficient (Wildman–Crippen LogP) is 2.55. The molecule has 0 radical (unpaired) electrons. The molecule has 3 aromatic rings. The number of nitrogens with zero attached hydrogens (tertiary/aromatic N) is 5. The van der Waals surface area contributed by atoms with Gasteiger partial charge in [0.1, 0.15) is 11.9 Å². The summed E-state index contributed by atoms with van der Waals surface area (Å²) in [6.07, 6.45) is 0. The van der Waals surface area contributed by atoms with Crippen molar-refractivity contribution in [3.63, 3.8) is 0 Å². The van der Waals surface area contributed by atoms with Crippen molar-refractivity contribution in [1.29, 1.82) is 5.26 Å². The smallest absolute Gasteiger partial charge is 0.250 e. The summed E-state index contributed by atoms with van der Waals surface area (Å²) in [6.45, 7) is 1.61. The van der Waals surface area contributed by atoms with Gasteiger partial charge in [0.05, 0.1) is 11.6 Å². The lowest BCUT2D eigenvalue weighted by Gasteiger charge is -2.10. The molecule has 0 aliphatic heterocycles. The summed E-state index contributed by atoms with van der Waals surface area (Å²) in [5.74, 6) is -0.541. The van der Waals surface area contributed by atoms with Crippen LogP contribution in [0.2, 0.25) is 0 Å². The second-order valence-electron chi connectivity index (χ2n) is 5.30. The monoisotopic (exact) mass is 336 g/mol. The Bertz CT molecular complexity index is 962. The molecule has 8 heteroatoms. The number of benzene rings is 2. The maximum atomic E-state index is 13.3. The fourth-order valence-corrected chi connectivity index (χ4v) is 2.15. The van der Waals surface area contributed by atoms with Gasteiger partial charge in [0, 0.05) is 11.3 Å². The van der Waals surface area contributed by atoms with Gasteiger partial charge in [-0.05, 0) is 42.5 Å². The minimum atomic E-state index is -0.736. The number of carbonyl (C=O) groups is 1. The molecule has 2 aromatic carbocycles. The van der Waals surface area contributed by atoms with Crippen LogP contribution in [0.15, 0.2) is 48.5 Å². The number of tetrazole rings is 1. The van der Waals surface area contributed by atoms with Crippen molar-refractivity contribution in [3.8, 4) is 17.5 Å². The van der Waals surface area contributed by atoms with Gasteiger partial charge in [-0.1, -0.05) is 18.2 Å². The zero-order chi connectivity index (χ0) is 17.8. The number of amides is 1. The van der Waals surface area contributed by atoms with Crippen molar-refractivity contribution in [1.82, 2.24) is 20.2 Å². The molecule has 7 nitrogen and oxygen atoms in total. The number of rotatable bonds is 4. The largest absolute Gasteiger partial charge is 0.324 e. The zero-order valence-electron chi connectivity index (χ0n) is 13.2. The summed E-state index contributed by atoms with van der Waals surface area (Å²) in [6, 6.07) is 13.6. The molecule has 1 heterocycles. The van der Waals surface area contributed by atoms with E-state index >= 15 is 0 Å². The Balaban J connectivity index is 1.75. The Morgan fingerprint density at radius 2 is 2.08 bits per heavy atom. The molecule has 0 aliphatic rings. The molecule has 0 unspecified atom stereocenters. The number of anilines is 1. The number of aromatic nitrogens is 4. The highest BCUT2D eigenvalue weighted by Crippen LogP contribution is 2.17. The predicted molar refractivity (Wildman–Crippen MR) is 87.7 cm³/mol. The normalized spacial score (nSPS) is 11.6. The van der Waals surface area contributed by atoms with Crippen LogP contribution in [0.5, 0.6) is 0 Å². The molecule has 25 heavy (non-hydrogen) atoms. The highest BCUT2D eigenvalue weighted by Gasteiger charge is 2.19. The average Bonchev–Trinajstić information content (AvgIpc) is 3.11. The van der Waals surface area contributed by atoms with E-state index in [0.717, 1.165) is 4.80 Å². The number of carbonyl (C=O) groups excluding carboxylic acids is 1. The van der Waals surface area contributed by atoms with Crippen LogP contribution in [-0.4, -0.2) is 26.1 Å². The summed E-state index contributed by atoms with van der Waals surface area (Å²) in [5, 5.41) is 23.4. The van der Waals surface area contributed by atoms with Gasteiger partial charge in [-0.25, -0.2) is 4.39 Å². The summed E-state index contributed by atoms with van der Waals surface area (Å²) in [4.78, 5) is 13.5. The van der Waals surface area contributed by atoms with Crippen molar-refractivity contribution in [3.05, 3.63) is 59.9 Å². The van der Waals surface area contributed by atoms with Gasteiger partial charge < -0.3 is 5.32 Å². The highest BCUT2D eigenvalue weighted by atomic mass is 19.1. The van der Waals surface area contributed by atoms with Crippen LogP contribution >= 0.6 is 0 Å². The standard InChI is InChI=1S/C17H13FN6O/c1-11(17(25)20-15-7-2-4-12(8-15)10-19)24-22-16(21-23-24)13-5-3-6-14(18)9-13/h2-9,11H,1H3,(H,20,25)/t11-/m1/s1. The van der Waals surface area contributed by atoms with Gasteiger partial charge in [-0.3, -0.25) is 4.79 Å². The molecular weight excluding hydrogens is 323 g/mol. The molecule has 0 fully saturated rings. The fraction of sp³-hybridized carbons (Fsp3) is 0.118. The molecule has 1 amide bonds. The highest BCUT2D eigenvalue weighted by molar-refractivity contribution is 5.93. The van der Waals surface area contributed by atoms with E-state index in [0.29, 0.717) is 16.8 Å². The average molecular weight is 336 g/mol. The molecule has 0 saturated heterocycles. The van der Waals surface area contributed by atoms with E-state index in [9.17, 15) is 9.18 Å². The van der Waals surface area contributed by atoms with Crippen LogP contribution in [0.1, 0.15) is 18.5 Å². The van der Waals surface area contributed by atoms with Crippen LogP contribution in [0, 0.1) is 17.1 Å². The van der Waals surface area contributed by atoms with Crippen LogP contribution < -0.4 is 5.32 Å². The molecule has 0 aliphatic carbocycles. The lowest BCUT2D eigenvalue weighted by Crippen LogP contribution is -2.25. The third-order valence-corrected chi connectivity index (χ3v) is 3.50. The second kappa shape index (κ2) is 6.88. The molecule has 1 N–H and O–H groups in total. The van der Waals surface area contributed by atoms with Crippen molar-refractivity contribution in [2.45, 2.75) is 13.0 Å².